The third-order valence-corrected chi connectivity index (χ3v) is 8.92. The molecule has 0 aromatic heterocycles. The molecule has 3 rings (SSSR count). The van der Waals surface area contributed by atoms with Crippen molar-refractivity contribution in [2.45, 2.75) is 103 Å². The van der Waals surface area contributed by atoms with Gasteiger partial charge in [0.25, 0.3) is 0 Å². The van der Waals surface area contributed by atoms with E-state index in [9.17, 15) is 15.3 Å². The number of allylic oxidation sites excluding steroid dienone is 5. The quantitative estimate of drug-likeness (QED) is 0.480. The van der Waals surface area contributed by atoms with Crippen molar-refractivity contribution in [1.82, 2.24) is 0 Å². The standard InChI is InChI=1S/C28H44O3/c1-19(2)20(3)13-16-27(6,30)28(31)17-14-25-22(8-7-15-26(25,28)5)10-11-23-18-24(29)12-9-21(23)4/h10-11,13,16,19-20,24-25,29-31H,4,7-9,12,14-15,17-18H2,1-3,5-6H3/b16-13+,22-10+,23-11+/t20-,24-,25?,26-,27-,28+/m0/s1. The van der Waals surface area contributed by atoms with E-state index in [-0.39, 0.29) is 17.4 Å². The molecule has 6 atom stereocenters. The first-order valence-corrected chi connectivity index (χ1v) is 12.3. The summed E-state index contributed by atoms with van der Waals surface area (Å²) in [6.45, 7) is 14.7. The molecule has 31 heavy (non-hydrogen) atoms. The Bertz CT molecular complexity index is 771. The van der Waals surface area contributed by atoms with Crippen LogP contribution >= 0.6 is 0 Å². The van der Waals surface area contributed by atoms with Crippen LogP contribution in [0.15, 0.2) is 47.6 Å². The fourth-order valence-corrected chi connectivity index (χ4v) is 6.18. The van der Waals surface area contributed by atoms with Gasteiger partial charge in [-0.25, -0.2) is 0 Å². The molecule has 0 bridgehead atoms. The van der Waals surface area contributed by atoms with Gasteiger partial charge in [-0.05, 0) is 81.6 Å². The minimum absolute atomic E-state index is 0.265. The Morgan fingerprint density at radius 1 is 1.13 bits per heavy atom. The second-order valence-corrected chi connectivity index (χ2v) is 11.3. The van der Waals surface area contributed by atoms with E-state index in [0.717, 1.165) is 49.7 Å². The number of hydrogen-bond acceptors (Lipinski definition) is 3. The van der Waals surface area contributed by atoms with Crippen LogP contribution in [0.1, 0.15) is 86.0 Å². The summed E-state index contributed by atoms with van der Waals surface area (Å²) < 4.78 is 0. The Kier molecular flexibility index (Phi) is 7.11. The van der Waals surface area contributed by atoms with Gasteiger partial charge in [-0.2, -0.15) is 0 Å². The van der Waals surface area contributed by atoms with Crippen molar-refractivity contribution in [1.29, 1.82) is 0 Å². The lowest BCUT2D eigenvalue weighted by atomic mass is 9.57. The molecule has 0 radical (unpaired) electrons. The van der Waals surface area contributed by atoms with Crippen molar-refractivity contribution in [3.8, 4) is 0 Å². The average molecular weight is 429 g/mol. The highest BCUT2D eigenvalue weighted by Crippen LogP contribution is 2.62. The number of fused-ring (bicyclic) bond motifs is 1. The number of hydrogen-bond donors (Lipinski definition) is 3. The van der Waals surface area contributed by atoms with E-state index in [1.54, 1.807) is 6.92 Å². The van der Waals surface area contributed by atoms with Gasteiger partial charge in [0.2, 0.25) is 0 Å². The van der Waals surface area contributed by atoms with E-state index >= 15 is 0 Å². The highest BCUT2D eigenvalue weighted by Gasteiger charge is 2.64. The summed E-state index contributed by atoms with van der Waals surface area (Å²) in [5.41, 5.74) is 0.908. The van der Waals surface area contributed by atoms with Gasteiger partial charge in [0.05, 0.1) is 6.10 Å². The fourth-order valence-electron chi connectivity index (χ4n) is 6.18. The lowest BCUT2D eigenvalue weighted by molar-refractivity contribution is -0.179. The Morgan fingerprint density at radius 3 is 2.52 bits per heavy atom. The normalized spacial score (nSPS) is 40.0. The summed E-state index contributed by atoms with van der Waals surface area (Å²) >= 11 is 0. The third-order valence-electron chi connectivity index (χ3n) is 8.92. The van der Waals surface area contributed by atoms with Crippen molar-refractivity contribution in [2.24, 2.45) is 23.2 Å². The van der Waals surface area contributed by atoms with Crippen LogP contribution in [-0.2, 0) is 0 Å². The largest absolute Gasteiger partial charge is 0.393 e. The summed E-state index contributed by atoms with van der Waals surface area (Å²) in [4.78, 5) is 0. The molecule has 0 spiro atoms. The van der Waals surface area contributed by atoms with E-state index in [4.69, 9.17) is 0 Å². The van der Waals surface area contributed by atoms with Crippen molar-refractivity contribution in [3.05, 3.63) is 47.6 Å². The maximum atomic E-state index is 11.9. The van der Waals surface area contributed by atoms with Gasteiger partial charge >= 0.3 is 0 Å². The van der Waals surface area contributed by atoms with Crippen molar-refractivity contribution >= 4 is 0 Å². The third kappa shape index (κ3) is 4.51. The molecule has 0 amide bonds. The summed E-state index contributed by atoms with van der Waals surface area (Å²) in [5.74, 6) is 1.12. The van der Waals surface area contributed by atoms with Gasteiger partial charge in [0, 0.05) is 5.41 Å². The van der Waals surface area contributed by atoms with Gasteiger partial charge in [-0.3, -0.25) is 0 Å². The molecule has 0 aromatic rings. The summed E-state index contributed by atoms with van der Waals surface area (Å²) in [6, 6.07) is 0. The average Bonchev–Trinajstić information content (AvgIpc) is 2.99. The molecule has 3 nitrogen and oxygen atoms in total. The molecule has 3 saturated carbocycles. The highest BCUT2D eigenvalue weighted by atomic mass is 16.4. The zero-order valence-electron chi connectivity index (χ0n) is 20.3. The lowest BCUT2D eigenvalue weighted by Gasteiger charge is -2.52. The van der Waals surface area contributed by atoms with Gasteiger partial charge in [0.1, 0.15) is 11.2 Å². The molecule has 3 fully saturated rings. The lowest BCUT2D eigenvalue weighted by Crippen LogP contribution is -2.60. The van der Waals surface area contributed by atoms with E-state index in [0.29, 0.717) is 24.7 Å². The Morgan fingerprint density at radius 2 is 1.84 bits per heavy atom. The molecule has 0 heterocycles. The molecular weight excluding hydrogens is 384 g/mol. The van der Waals surface area contributed by atoms with Crippen LogP contribution in [0.5, 0.6) is 0 Å². The van der Waals surface area contributed by atoms with Gasteiger partial charge in [-0.1, -0.05) is 69.7 Å². The Hall–Kier alpha value is -1.16. The molecule has 0 aromatic carbocycles. The smallest absolute Gasteiger partial charge is 0.109 e. The van der Waals surface area contributed by atoms with E-state index < -0.39 is 11.2 Å². The van der Waals surface area contributed by atoms with Crippen molar-refractivity contribution in [2.75, 3.05) is 0 Å². The second kappa shape index (κ2) is 9.00. The number of aliphatic hydroxyl groups is 3. The van der Waals surface area contributed by atoms with Crippen LogP contribution < -0.4 is 0 Å². The van der Waals surface area contributed by atoms with Crippen LogP contribution in [0, 0.1) is 23.2 Å². The highest BCUT2D eigenvalue weighted by molar-refractivity contribution is 5.37. The summed E-state index contributed by atoms with van der Waals surface area (Å²) in [5, 5.41) is 33.5. The maximum Gasteiger partial charge on any atom is 0.109 e. The van der Waals surface area contributed by atoms with Gasteiger partial charge in [0.15, 0.2) is 0 Å². The molecule has 174 valence electrons. The molecule has 0 saturated heterocycles. The first kappa shape index (κ1) is 24.5. The second-order valence-electron chi connectivity index (χ2n) is 11.3. The molecule has 1 unspecified atom stereocenters. The zero-order chi connectivity index (χ0) is 23.0. The van der Waals surface area contributed by atoms with E-state index in [2.05, 4.69) is 52.5 Å². The molecule has 3 aliphatic rings. The molecular formula is C28H44O3. The van der Waals surface area contributed by atoms with Crippen LogP contribution in [0.25, 0.3) is 0 Å². The first-order valence-electron chi connectivity index (χ1n) is 12.3. The van der Waals surface area contributed by atoms with Gasteiger partial charge in [-0.15, -0.1) is 0 Å². The molecule has 3 heteroatoms. The van der Waals surface area contributed by atoms with Crippen molar-refractivity contribution < 1.29 is 15.3 Å². The predicted molar refractivity (Wildman–Crippen MR) is 129 cm³/mol. The topological polar surface area (TPSA) is 60.7 Å². The summed E-state index contributed by atoms with van der Waals surface area (Å²) in [7, 11) is 0. The predicted octanol–water partition coefficient (Wildman–Crippen LogP) is 5.87. The SMILES string of the molecule is C=C1CC[C@H](O)C/C1=C\C=C1/CCC[C@@]2(C)C1CC[C@]2(O)[C@@](C)(O)/C=C/[C@H](C)C(C)C. The number of aliphatic hydroxyl groups excluding tert-OH is 1. The van der Waals surface area contributed by atoms with E-state index in [1.165, 1.54) is 5.57 Å². The minimum atomic E-state index is -1.26. The Labute approximate surface area is 189 Å². The first-order chi connectivity index (χ1) is 14.4. The Balaban J connectivity index is 1.87. The molecule has 0 aliphatic heterocycles. The van der Waals surface area contributed by atoms with Gasteiger partial charge < -0.3 is 15.3 Å². The van der Waals surface area contributed by atoms with Crippen molar-refractivity contribution in [3.63, 3.8) is 0 Å². The summed E-state index contributed by atoms with van der Waals surface area (Å²) in [6.07, 6.45) is 14.9. The van der Waals surface area contributed by atoms with Crippen LogP contribution in [0.2, 0.25) is 0 Å². The zero-order valence-corrected chi connectivity index (χ0v) is 20.3. The fraction of sp³-hybridized carbons (Fsp3) is 0.714. The van der Waals surface area contributed by atoms with Crippen LogP contribution in [0.3, 0.4) is 0 Å². The monoisotopic (exact) mass is 428 g/mol. The maximum absolute atomic E-state index is 11.9. The van der Waals surface area contributed by atoms with Crippen LogP contribution in [-0.4, -0.2) is 32.6 Å². The molecule has 3 aliphatic carbocycles. The van der Waals surface area contributed by atoms with Crippen LogP contribution in [0.4, 0.5) is 0 Å². The number of rotatable bonds is 5. The van der Waals surface area contributed by atoms with E-state index in [1.807, 2.05) is 6.08 Å². The minimum Gasteiger partial charge on any atom is -0.393 e. The molecule has 3 N–H and O–H groups in total.